The third-order valence-corrected chi connectivity index (χ3v) is 7.80. The summed E-state index contributed by atoms with van der Waals surface area (Å²) in [4.78, 5) is 21.0. The maximum atomic E-state index is 12.3. The van der Waals surface area contributed by atoms with E-state index in [2.05, 4.69) is 5.32 Å². The number of carbonyl (C=O) groups is 1. The van der Waals surface area contributed by atoms with Gasteiger partial charge in [0.05, 0.1) is 28.7 Å². The number of sulfonamides is 1. The zero-order chi connectivity index (χ0) is 26.5. The molecule has 3 rings (SSSR count). The van der Waals surface area contributed by atoms with Gasteiger partial charge in [0.15, 0.2) is 0 Å². The second-order valence-corrected chi connectivity index (χ2v) is 11.5. The zero-order valence-corrected chi connectivity index (χ0v) is 23.3. The number of nitrogens with one attached hydrogen (secondary N) is 1. The number of halogens is 2. The Morgan fingerprint density at radius 2 is 2.03 bits per heavy atom. The Bertz CT molecular complexity index is 1160. The van der Waals surface area contributed by atoms with Crippen molar-refractivity contribution in [3.63, 3.8) is 0 Å². The molecule has 2 aliphatic heterocycles. The SMILES string of the molecule is CCCN(CCNCC1C(c2ccc(Cl)cc2Cl)=NC2C=CC(N(C)S(C)(=O)=O)=CN21)C(=O)COC. The van der Waals surface area contributed by atoms with Crippen LogP contribution >= 0.6 is 23.2 Å². The van der Waals surface area contributed by atoms with Crippen LogP contribution in [0.4, 0.5) is 0 Å². The van der Waals surface area contributed by atoms with Crippen molar-refractivity contribution in [1.82, 2.24) is 19.4 Å². The third kappa shape index (κ3) is 6.80. The molecule has 2 unspecified atom stereocenters. The summed E-state index contributed by atoms with van der Waals surface area (Å²) < 4.78 is 30.5. The number of ether oxygens (including phenoxy) is 1. The third-order valence-electron chi connectivity index (χ3n) is 6.05. The molecule has 0 spiro atoms. The topological polar surface area (TPSA) is 94.5 Å². The van der Waals surface area contributed by atoms with Gasteiger partial charge in [-0.2, -0.15) is 0 Å². The molecule has 0 radical (unpaired) electrons. The summed E-state index contributed by atoms with van der Waals surface area (Å²) in [5.74, 6) is -0.0465. The van der Waals surface area contributed by atoms with Crippen LogP contribution in [0, 0.1) is 0 Å². The largest absolute Gasteiger partial charge is 0.375 e. The minimum atomic E-state index is -3.42. The van der Waals surface area contributed by atoms with Gasteiger partial charge >= 0.3 is 0 Å². The van der Waals surface area contributed by atoms with E-state index in [-0.39, 0.29) is 24.7 Å². The molecule has 12 heteroatoms. The van der Waals surface area contributed by atoms with E-state index in [1.807, 2.05) is 30.2 Å². The van der Waals surface area contributed by atoms with Crippen LogP contribution in [0.15, 0.2) is 47.2 Å². The summed E-state index contributed by atoms with van der Waals surface area (Å²) in [6.07, 6.45) is 7.16. The second-order valence-electron chi connectivity index (χ2n) is 8.68. The van der Waals surface area contributed by atoms with Crippen molar-refractivity contribution in [2.24, 2.45) is 4.99 Å². The first-order valence-corrected chi connectivity index (χ1v) is 14.3. The smallest absolute Gasteiger partial charge is 0.248 e. The van der Waals surface area contributed by atoms with E-state index in [4.69, 9.17) is 32.9 Å². The number of benzene rings is 1. The molecule has 0 saturated carbocycles. The Labute approximate surface area is 223 Å². The highest BCUT2D eigenvalue weighted by molar-refractivity contribution is 7.88. The quantitative estimate of drug-likeness (QED) is 0.397. The van der Waals surface area contributed by atoms with Crippen LogP contribution in [0.2, 0.25) is 10.0 Å². The van der Waals surface area contributed by atoms with Crippen molar-refractivity contribution in [1.29, 1.82) is 0 Å². The number of methoxy groups -OCH3 is 1. The molecule has 0 bridgehead atoms. The van der Waals surface area contributed by atoms with E-state index in [1.165, 1.54) is 24.7 Å². The van der Waals surface area contributed by atoms with Crippen LogP contribution in [-0.2, 0) is 19.6 Å². The number of likely N-dealkylation sites (N-methyl/N-ethyl adjacent to an activating group) is 1. The minimum Gasteiger partial charge on any atom is -0.375 e. The first kappa shape index (κ1) is 28.5. The lowest BCUT2D eigenvalue weighted by Gasteiger charge is -2.33. The fourth-order valence-electron chi connectivity index (χ4n) is 4.13. The van der Waals surface area contributed by atoms with Crippen molar-refractivity contribution in [2.45, 2.75) is 25.6 Å². The first-order chi connectivity index (χ1) is 17.1. The lowest BCUT2D eigenvalue weighted by atomic mass is 10.0. The van der Waals surface area contributed by atoms with E-state index < -0.39 is 10.0 Å². The number of amides is 1. The summed E-state index contributed by atoms with van der Waals surface area (Å²) in [5, 5.41) is 4.46. The molecule has 1 amide bonds. The van der Waals surface area contributed by atoms with Crippen LogP contribution in [0.25, 0.3) is 0 Å². The number of hydrogen-bond acceptors (Lipinski definition) is 7. The van der Waals surface area contributed by atoms with Gasteiger partial charge in [-0.15, -0.1) is 0 Å². The number of aliphatic imine (C=N–C) groups is 1. The molecule has 36 heavy (non-hydrogen) atoms. The Hall–Kier alpha value is -2.11. The molecule has 198 valence electrons. The summed E-state index contributed by atoms with van der Waals surface area (Å²) >= 11 is 12.6. The van der Waals surface area contributed by atoms with E-state index in [9.17, 15) is 13.2 Å². The highest BCUT2D eigenvalue weighted by Gasteiger charge is 2.37. The molecule has 0 aliphatic carbocycles. The van der Waals surface area contributed by atoms with Gasteiger partial charge in [0.1, 0.15) is 12.8 Å². The molecule has 2 aliphatic rings. The molecular formula is C24H33Cl2N5O4S. The minimum absolute atomic E-state index is 0.0465. The monoisotopic (exact) mass is 557 g/mol. The van der Waals surface area contributed by atoms with Crippen molar-refractivity contribution in [3.05, 3.63) is 57.9 Å². The van der Waals surface area contributed by atoms with Gasteiger partial charge < -0.3 is 19.9 Å². The maximum absolute atomic E-state index is 12.3. The van der Waals surface area contributed by atoms with E-state index in [1.54, 1.807) is 23.1 Å². The molecule has 9 nitrogen and oxygen atoms in total. The number of fused-ring (bicyclic) bond motifs is 1. The predicted molar refractivity (Wildman–Crippen MR) is 144 cm³/mol. The van der Waals surface area contributed by atoms with Crippen LogP contribution in [0.1, 0.15) is 18.9 Å². The molecule has 2 heterocycles. The van der Waals surface area contributed by atoms with Crippen molar-refractivity contribution in [3.8, 4) is 0 Å². The molecule has 0 aromatic heterocycles. The Morgan fingerprint density at radius 1 is 1.28 bits per heavy atom. The van der Waals surface area contributed by atoms with Gasteiger partial charge in [0.2, 0.25) is 15.9 Å². The second kappa shape index (κ2) is 12.4. The highest BCUT2D eigenvalue weighted by atomic mass is 35.5. The number of allylic oxidation sites excluding steroid dienone is 1. The van der Waals surface area contributed by atoms with E-state index >= 15 is 0 Å². The van der Waals surface area contributed by atoms with Crippen LogP contribution < -0.4 is 5.32 Å². The van der Waals surface area contributed by atoms with Gasteiger partial charge in [0.25, 0.3) is 0 Å². The number of carbonyl (C=O) groups excluding carboxylic acids is 1. The van der Waals surface area contributed by atoms with Gasteiger partial charge in [-0.3, -0.25) is 14.1 Å². The summed E-state index contributed by atoms with van der Waals surface area (Å²) in [6.45, 7) is 4.35. The Balaban J connectivity index is 1.81. The summed E-state index contributed by atoms with van der Waals surface area (Å²) in [6, 6.07) is 5.07. The summed E-state index contributed by atoms with van der Waals surface area (Å²) in [7, 11) is -0.394. The maximum Gasteiger partial charge on any atom is 0.248 e. The van der Waals surface area contributed by atoms with E-state index in [0.29, 0.717) is 41.9 Å². The molecule has 0 saturated heterocycles. The van der Waals surface area contributed by atoms with Crippen molar-refractivity contribution in [2.75, 3.05) is 53.2 Å². The van der Waals surface area contributed by atoms with Gasteiger partial charge in [-0.1, -0.05) is 36.2 Å². The lowest BCUT2D eigenvalue weighted by Crippen LogP contribution is -2.46. The van der Waals surface area contributed by atoms with Crippen LogP contribution in [0.3, 0.4) is 0 Å². The lowest BCUT2D eigenvalue weighted by molar-refractivity contribution is -0.135. The molecule has 1 aromatic carbocycles. The number of hydrogen-bond donors (Lipinski definition) is 1. The fraction of sp³-hybridized carbons (Fsp3) is 0.500. The molecule has 2 atom stereocenters. The average molecular weight is 559 g/mol. The standard InChI is InChI=1S/C24H33Cl2N5O4S/c1-5-11-30(23(32)16-35-3)12-10-27-14-21-24(19-8-6-17(25)13-20(19)26)28-22-9-7-18(15-31(21)22)29(2)36(4,33)34/h6-9,13,15,21-22,27H,5,10-12,14,16H2,1-4H3. The Morgan fingerprint density at radius 3 is 2.67 bits per heavy atom. The molecule has 0 fully saturated rings. The average Bonchev–Trinajstić information content (AvgIpc) is 3.17. The van der Waals surface area contributed by atoms with Crippen molar-refractivity contribution < 1.29 is 17.9 Å². The number of rotatable bonds is 12. The number of nitrogens with zero attached hydrogens (tertiary/aromatic N) is 4. The Kier molecular flexibility index (Phi) is 9.82. The van der Waals surface area contributed by atoms with Gasteiger partial charge in [-0.25, -0.2) is 8.42 Å². The molecular weight excluding hydrogens is 525 g/mol. The first-order valence-electron chi connectivity index (χ1n) is 11.7. The molecule has 1 N–H and O–H groups in total. The molecule has 1 aromatic rings. The fourth-order valence-corrected chi connectivity index (χ4v) is 5.13. The van der Waals surface area contributed by atoms with Crippen LogP contribution in [0.5, 0.6) is 0 Å². The van der Waals surface area contributed by atoms with Crippen molar-refractivity contribution >= 4 is 44.8 Å². The predicted octanol–water partition coefficient (Wildman–Crippen LogP) is 2.57. The van der Waals surface area contributed by atoms with Gasteiger partial charge in [0, 0.05) is 57.1 Å². The highest BCUT2D eigenvalue weighted by Crippen LogP contribution is 2.31. The van der Waals surface area contributed by atoms with E-state index in [0.717, 1.165) is 17.7 Å². The summed E-state index contributed by atoms with van der Waals surface area (Å²) in [5.41, 5.74) is 2.08. The normalized spacial score (nSPS) is 19.1. The van der Waals surface area contributed by atoms with Crippen LogP contribution in [-0.4, -0.2) is 99.5 Å². The zero-order valence-electron chi connectivity index (χ0n) is 20.9. The van der Waals surface area contributed by atoms with Gasteiger partial charge in [-0.05, 0) is 30.7 Å².